The summed E-state index contributed by atoms with van der Waals surface area (Å²) in [6.07, 6.45) is 13.2. The van der Waals surface area contributed by atoms with Crippen LogP contribution in [0.5, 0.6) is 17.2 Å². The molecule has 0 aliphatic carbocycles. The summed E-state index contributed by atoms with van der Waals surface area (Å²) in [7, 11) is 2.43. The van der Waals surface area contributed by atoms with Crippen molar-refractivity contribution >= 4 is 235 Å². The molecule has 0 saturated carbocycles. The van der Waals surface area contributed by atoms with Gasteiger partial charge in [-0.3, -0.25) is 19.8 Å². The number of fused-ring (bicyclic) bond motifs is 5. The number of nitrogens with one attached hydrogen (secondary N) is 5. The van der Waals surface area contributed by atoms with Gasteiger partial charge in [0.1, 0.15) is 17.2 Å². The number of rotatable bonds is 19. The Bertz CT molecular complexity index is 6610. The van der Waals surface area contributed by atoms with E-state index in [-0.39, 0.29) is 115 Å². The fraction of sp³-hybridized carbons (Fsp3) is 0.274. The maximum absolute atomic E-state index is 12.9. The summed E-state index contributed by atoms with van der Waals surface area (Å²) in [5.41, 5.74) is 6.84. The minimum Gasteiger partial charge on any atom is -1.00 e. The minimum atomic E-state index is -3.80. The van der Waals surface area contributed by atoms with E-state index in [1.54, 1.807) is 60.9 Å². The molecule has 0 bridgehead atoms. The van der Waals surface area contributed by atoms with Gasteiger partial charge >= 0.3 is 90.1 Å². The molecule has 1 aliphatic heterocycles. The Kier molecular flexibility index (Phi) is 45.8. The van der Waals surface area contributed by atoms with Crippen molar-refractivity contribution in [1.29, 1.82) is 0 Å². The molecule has 45 heteroatoms. The van der Waals surface area contributed by atoms with Crippen LogP contribution in [0.1, 0.15) is 174 Å². The zero-order valence-corrected chi connectivity index (χ0v) is 91.9. The summed E-state index contributed by atoms with van der Waals surface area (Å²) in [5.74, 6) is 1.59. The molecule has 2 amide bonds. The summed E-state index contributed by atoms with van der Waals surface area (Å²) in [5, 5.41) is 40.0. The quantitative estimate of drug-likeness (QED) is 0.00531. The molecule has 11 N–H and O–H groups in total. The Hall–Kier alpha value is -9.01. The fourth-order valence-electron chi connectivity index (χ4n) is 13.3. The number of alkyl halides is 10. The predicted molar refractivity (Wildman–Crippen MR) is 553 cm³/mol. The number of H-pyrrole nitrogens is 3. The molecule has 0 radical (unpaired) electrons. The van der Waals surface area contributed by atoms with Crippen LogP contribution in [-0.2, 0) is 18.8 Å². The third-order valence-corrected chi connectivity index (χ3v) is 22.9. The van der Waals surface area contributed by atoms with Gasteiger partial charge in [0.15, 0.2) is 0 Å². The molecule has 0 atom stereocenters. The monoisotopic (exact) mass is 2360 g/mol. The molecule has 28 nitrogen and oxygen atoms in total. The molecular weight excluding hydrogens is 2270 g/mol. The van der Waals surface area contributed by atoms with Gasteiger partial charge in [0.05, 0.1) is 81.0 Å². The number of hydrogen-bond donors (Lipinski definition) is 9. The van der Waals surface area contributed by atoms with Crippen LogP contribution in [0.25, 0.3) is 71.4 Å². The molecule has 8 heterocycles. The number of methoxy groups -OCH3 is 2. The fourth-order valence-corrected chi connectivity index (χ4v) is 16.2. The largest absolute Gasteiger partial charge is 1.00 e. The number of aromatic nitrogens is 9. The van der Waals surface area contributed by atoms with Crippen molar-refractivity contribution < 1.29 is 143 Å². The zero-order valence-electron chi connectivity index (χ0n) is 80.1. The van der Waals surface area contributed by atoms with E-state index in [9.17, 15) is 50.3 Å². The summed E-state index contributed by atoms with van der Waals surface area (Å²) < 4.78 is 121. The molecule has 1 saturated heterocycles. The van der Waals surface area contributed by atoms with Gasteiger partial charge in [0.2, 0.25) is 0 Å². The number of esters is 2. The van der Waals surface area contributed by atoms with Gasteiger partial charge in [0.25, 0.3) is 11.8 Å². The van der Waals surface area contributed by atoms with Gasteiger partial charge < -0.3 is 95.8 Å². The maximum atomic E-state index is 12.9. The van der Waals surface area contributed by atoms with E-state index in [0.29, 0.717) is 63.0 Å². The summed E-state index contributed by atoms with van der Waals surface area (Å²) >= 11 is 30.2. The molecule has 140 heavy (non-hydrogen) atoms. The topological polar surface area (TPSA) is 373 Å². The molecule has 16 rings (SSSR count). The molecule has 1 fully saturated rings. The number of benzene rings is 8. The first-order chi connectivity index (χ1) is 64.7. The van der Waals surface area contributed by atoms with E-state index in [1.165, 1.54) is 87.0 Å². The molecule has 0 spiro atoms. The summed E-state index contributed by atoms with van der Waals surface area (Å²) in [6.45, 7) is 29.2. The van der Waals surface area contributed by atoms with Gasteiger partial charge in [-0.15, -0.1) is 26.3 Å². The van der Waals surface area contributed by atoms with Crippen molar-refractivity contribution in [2.24, 2.45) is 5.84 Å². The number of anilines is 3. The number of carbonyl (C=O) groups is 5. The van der Waals surface area contributed by atoms with Crippen LogP contribution >= 0.6 is 121 Å². The van der Waals surface area contributed by atoms with Crippen LogP contribution in [-0.4, -0.2) is 137 Å². The molecule has 738 valence electrons. The molecule has 8 aromatic carbocycles. The van der Waals surface area contributed by atoms with Gasteiger partial charge in [-0.25, -0.2) is 14.4 Å². The predicted octanol–water partition coefficient (Wildman–Crippen LogP) is 21.3. The van der Waals surface area contributed by atoms with E-state index in [4.69, 9.17) is 53.3 Å². The number of aromatic amines is 3. The second kappa shape index (κ2) is 53.5. The first kappa shape index (κ1) is 120. The van der Waals surface area contributed by atoms with E-state index in [2.05, 4.69) is 246 Å². The standard InChI is InChI=1S/C22H19ClF2N4O2.C19H16BrClF2N2O2.C13H14BrNO2.C12H12BrNO2.C10H8BrNO2.C9H15BN2O2.C7H6ClF2NO.C3H7I.Li.H3N2O.Na.H/c1-13(2)29-10-8-14-11-15(12-18(20(14)29)19-7-9-26-28-19)21(30)27-16-3-5-17(6-4-16)31-22(23,24)25;1-11(2)25-8-7-12-9-13(10-16(20)17(12)25)18(26)24-14-3-5-15(6-4-14)27-19(21,22)23;1-8(2)15-5-4-9-6-10(13(16)17-3)7-11(14)12(9)15;1-7(2)14-4-3-8-5-9(12(15)16)6-10(13)11(8)14;1-14-10(13)7-4-6-2-3-12-9(6)8(11)5-7;1-8(2)9(3,4)14-10(13-8)7-5-6-11-12-7;8-7(9,10)12-6-3-1-5(11)2-4-6;1-3(2)4;;1-2-3;;/h3-13H,1-2H3,(H,26,28)(H,27,30);3-11H,1-2H3,(H,24,26);4-8H,1-3H3;3-7H,1-2H3,(H,15,16);2-5,12H,1H3;5-6H,1-4H3,(H,11,12);1-4H,11H2;3H,1-2H3;;3H,1H2;;/q;;;;;;;;+1;-1;+1;-1. The summed E-state index contributed by atoms with van der Waals surface area (Å²) in [6, 6.07) is 49.0. The van der Waals surface area contributed by atoms with Crippen molar-refractivity contribution in [3.63, 3.8) is 0 Å². The normalized spacial score (nSPS) is 12.3. The molecule has 15 aromatic rings. The van der Waals surface area contributed by atoms with Crippen LogP contribution in [0.2, 0.25) is 0 Å². The number of hydrogen-bond acceptors (Lipinski definition) is 17. The zero-order chi connectivity index (χ0) is 102. The van der Waals surface area contributed by atoms with Crippen molar-refractivity contribution in [2.45, 2.75) is 153 Å². The Labute approximate surface area is 902 Å². The van der Waals surface area contributed by atoms with Crippen LogP contribution in [0, 0.1) is 0 Å². The molecule has 0 unspecified atom stereocenters. The average molecular weight is 2370 g/mol. The third kappa shape index (κ3) is 34.6. The smallest absolute Gasteiger partial charge is 1.00 e. The van der Waals surface area contributed by atoms with Crippen molar-refractivity contribution in [3.8, 4) is 28.5 Å². The SMILES string of the molecule is CC(C)I.CC(C)n1ccc2cc(C(=O)Nc3ccc(OC(F)(F)Cl)cc3)cc(-c3ccn[nH]3)c21.CC(C)n1ccc2cc(C(=O)Nc3ccc(OC(F)(F)Cl)cc3)cc(Br)c21.CC(C)n1ccc2cc(C(=O)O)cc(Br)c21.CC1(C)OB(c2ccn[nH]2)OC1(C)C.COC(=O)c1cc(Br)c2[nH]ccc2c1.COC(=O)c1cc(Br)c2c(ccn2C(C)C)c1.N[N-]O.Nc1ccc(OC(F)(F)Cl)cc1.[H-].[Li+].[Na+]. The first-order valence-corrected chi connectivity index (χ1v) is 47.4. The number of ether oxygens (including phenoxy) is 5. The van der Waals surface area contributed by atoms with Crippen molar-refractivity contribution in [3.05, 3.63) is 271 Å². The van der Waals surface area contributed by atoms with Gasteiger partial charge in [0, 0.05) is 185 Å². The van der Waals surface area contributed by atoms with E-state index in [0.717, 1.165) is 93.2 Å². The number of carboxylic acids is 1. The Balaban J connectivity index is 0.000000292. The number of nitrogens with zero attached hydrogens (tertiary/aromatic N) is 7. The van der Waals surface area contributed by atoms with Crippen molar-refractivity contribution in [2.75, 3.05) is 30.6 Å². The first-order valence-electron chi connectivity index (χ1n) is 41.9. The van der Waals surface area contributed by atoms with E-state index < -0.39 is 22.7 Å². The number of amides is 2. The molecule has 1 aliphatic rings. The van der Waals surface area contributed by atoms with Gasteiger partial charge in [-0.1, -0.05) is 36.4 Å². The van der Waals surface area contributed by atoms with Crippen LogP contribution in [0.3, 0.4) is 0 Å². The summed E-state index contributed by atoms with van der Waals surface area (Å²) in [4.78, 5) is 62.2. The van der Waals surface area contributed by atoms with Gasteiger partial charge in [-0.05, 0) is 323 Å². The van der Waals surface area contributed by atoms with E-state index in [1.807, 2.05) is 119 Å². The number of halogens is 14. The molecular formula is C95H101BBr4Cl3F6ILiN14NaO14. The Morgan fingerprint density at radius 3 is 1.17 bits per heavy atom. The molecule has 7 aromatic heterocycles. The van der Waals surface area contributed by atoms with E-state index >= 15 is 0 Å². The van der Waals surface area contributed by atoms with Crippen molar-refractivity contribution in [1.82, 2.24) is 43.6 Å². The number of nitrogens with two attached hydrogens (primary N) is 2. The average Bonchev–Trinajstić information content (AvgIpc) is 1.40. The number of carboxylic acid groups (broad SMARTS) is 1. The number of aromatic carboxylic acids is 1. The Morgan fingerprint density at radius 2 is 0.821 bits per heavy atom. The third-order valence-electron chi connectivity index (χ3n) is 20.2. The van der Waals surface area contributed by atoms with Crippen LogP contribution < -0.4 is 90.4 Å². The number of nitrogen functional groups attached to an aromatic ring is 1. The maximum Gasteiger partial charge on any atom is 1.00 e. The number of carbonyl (C=O) groups excluding carboxylic acids is 4. The minimum absolute atomic E-state index is 0. The van der Waals surface area contributed by atoms with Gasteiger partial charge in [-0.2, -0.15) is 10.2 Å². The van der Waals surface area contributed by atoms with Crippen LogP contribution in [0.15, 0.2) is 237 Å². The van der Waals surface area contributed by atoms with Crippen LogP contribution in [0.4, 0.5) is 43.4 Å². The Morgan fingerprint density at radius 1 is 0.500 bits per heavy atom. The second-order valence-electron chi connectivity index (χ2n) is 32.5. The second-order valence-corrected chi connectivity index (χ2v) is 39.7.